The van der Waals surface area contributed by atoms with Gasteiger partial charge in [-0.25, -0.2) is 0 Å². The maximum atomic E-state index is 5.90. The molecule has 1 saturated heterocycles. The van der Waals surface area contributed by atoms with Crippen molar-refractivity contribution < 1.29 is 0 Å². The molecular formula is C14H23N3. The molecule has 1 fully saturated rings. The molecule has 2 rings (SSSR count). The molecule has 0 radical (unpaired) electrons. The standard InChI is InChI=1S/C14H23N3/c1-3-7-17-8-6-12(9-15)14(17)13-5-4-11(2)10-16-13/h4-5,10,12,14H,3,6-9,15H2,1-2H3. The number of likely N-dealkylation sites (tertiary alicyclic amines) is 1. The quantitative estimate of drug-likeness (QED) is 0.866. The molecule has 1 aliphatic heterocycles. The molecule has 2 N–H and O–H groups in total. The SMILES string of the molecule is CCCN1CCC(CN)C1c1ccc(C)cn1. The lowest BCUT2D eigenvalue weighted by atomic mass is 9.97. The van der Waals surface area contributed by atoms with Gasteiger partial charge in [0, 0.05) is 6.20 Å². The number of hydrogen-bond donors (Lipinski definition) is 1. The highest BCUT2D eigenvalue weighted by Gasteiger charge is 2.34. The Morgan fingerprint density at radius 1 is 1.47 bits per heavy atom. The summed E-state index contributed by atoms with van der Waals surface area (Å²) in [5.74, 6) is 0.566. The van der Waals surface area contributed by atoms with Crippen LogP contribution in [0.4, 0.5) is 0 Å². The van der Waals surface area contributed by atoms with Gasteiger partial charge in [0.2, 0.25) is 0 Å². The van der Waals surface area contributed by atoms with E-state index in [0.717, 1.165) is 19.6 Å². The van der Waals surface area contributed by atoms with Crippen LogP contribution in [0.25, 0.3) is 0 Å². The van der Waals surface area contributed by atoms with Crippen molar-refractivity contribution in [3.63, 3.8) is 0 Å². The molecule has 0 spiro atoms. The fourth-order valence-electron chi connectivity index (χ4n) is 2.79. The summed E-state index contributed by atoms with van der Waals surface area (Å²) in [6.07, 6.45) is 4.36. The Labute approximate surface area is 104 Å². The summed E-state index contributed by atoms with van der Waals surface area (Å²) in [5, 5.41) is 0. The van der Waals surface area contributed by atoms with E-state index in [1.54, 1.807) is 0 Å². The molecule has 1 aliphatic rings. The summed E-state index contributed by atoms with van der Waals surface area (Å²) >= 11 is 0. The molecule has 0 amide bonds. The second-order valence-corrected chi connectivity index (χ2v) is 5.03. The van der Waals surface area contributed by atoms with Crippen molar-refractivity contribution in [3.05, 3.63) is 29.6 Å². The van der Waals surface area contributed by atoms with E-state index in [2.05, 4.69) is 35.9 Å². The fraction of sp³-hybridized carbons (Fsp3) is 0.643. The fourth-order valence-corrected chi connectivity index (χ4v) is 2.79. The molecule has 0 aromatic carbocycles. The van der Waals surface area contributed by atoms with E-state index in [9.17, 15) is 0 Å². The van der Waals surface area contributed by atoms with Gasteiger partial charge in [-0.3, -0.25) is 9.88 Å². The summed E-state index contributed by atoms with van der Waals surface area (Å²) < 4.78 is 0. The van der Waals surface area contributed by atoms with Gasteiger partial charge in [0.25, 0.3) is 0 Å². The molecule has 2 heterocycles. The number of pyridine rings is 1. The van der Waals surface area contributed by atoms with Crippen LogP contribution in [0.1, 0.15) is 37.1 Å². The number of aryl methyl sites for hydroxylation is 1. The third-order valence-corrected chi connectivity index (χ3v) is 3.68. The van der Waals surface area contributed by atoms with E-state index in [4.69, 9.17) is 5.73 Å². The van der Waals surface area contributed by atoms with Crippen molar-refractivity contribution >= 4 is 0 Å². The van der Waals surface area contributed by atoms with Crippen molar-refractivity contribution in [2.45, 2.75) is 32.7 Å². The van der Waals surface area contributed by atoms with Gasteiger partial charge in [-0.1, -0.05) is 13.0 Å². The molecular weight excluding hydrogens is 210 g/mol. The molecule has 1 aromatic heterocycles. The number of nitrogens with zero attached hydrogens (tertiary/aromatic N) is 2. The lowest BCUT2D eigenvalue weighted by Gasteiger charge is -2.27. The third-order valence-electron chi connectivity index (χ3n) is 3.68. The maximum absolute atomic E-state index is 5.90. The second kappa shape index (κ2) is 5.61. The molecule has 17 heavy (non-hydrogen) atoms. The van der Waals surface area contributed by atoms with Crippen LogP contribution in [0.5, 0.6) is 0 Å². The van der Waals surface area contributed by atoms with Gasteiger partial charge in [-0.05, 0) is 56.9 Å². The molecule has 0 aliphatic carbocycles. The Kier molecular flexibility index (Phi) is 4.13. The Hall–Kier alpha value is -0.930. The zero-order valence-corrected chi connectivity index (χ0v) is 10.9. The van der Waals surface area contributed by atoms with E-state index in [1.165, 1.54) is 24.1 Å². The van der Waals surface area contributed by atoms with Crippen LogP contribution >= 0.6 is 0 Å². The van der Waals surface area contributed by atoms with E-state index in [0.29, 0.717) is 12.0 Å². The van der Waals surface area contributed by atoms with Gasteiger partial charge in [0.05, 0.1) is 11.7 Å². The van der Waals surface area contributed by atoms with Crippen LogP contribution in [-0.4, -0.2) is 29.5 Å². The summed E-state index contributed by atoms with van der Waals surface area (Å²) in [6, 6.07) is 4.75. The predicted molar refractivity (Wildman–Crippen MR) is 70.7 cm³/mol. The Bertz CT molecular complexity index is 347. The monoisotopic (exact) mass is 233 g/mol. The average molecular weight is 233 g/mol. The number of nitrogens with two attached hydrogens (primary N) is 1. The van der Waals surface area contributed by atoms with Gasteiger partial charge >= 0.3 is 0 Å². The summed E-state index contributed by atoms with van der Waals surface area (Å²) in [5.41, 5.74) is 8.31. The highest BCUT2D eigenvalue weighted by atomic mass is 15.2. The summed E-state index contributed by atoms with van der Waals surface area (Å²) in [4.78, 5) is 7.13. The highest BCUT2D eigenvalue weighted by Crippen LogP contribution is 2.35. The first kappa shape index (κ1) is 12.5. The van der Waals surface area contributed by atoms with Crippen LogP contribution < -0.4 is 5.73 Å². The largest absolute Gasteiger partial charge is 0.330 e. The summed E-state index contributed by atoms with van der Waals surface area (Å²) in [6.45, 7) is 7.39. The number of hydrogen-bond acceptors (Lipinski definition) is 3. The topological polar surface area (TPSA) is 42.1 Å². The first-order chi connectivity index (χ1) is 8.26. The van der Waals surface area contributed by atoms with Gasteiger partial charge < -0.3 is 5.73 Å². The number of aromatic nitrogens is 1. The van der Waals surface area contributed by atoms with Gasteiger partial charge in [0.15, 0.2) is 0 Å². The predicted octanol–water partition coefficient (Wildman–Crippen LogP) is 2.12. The molecule has 3 heteroatoms. The van der Waals surface area contributed by atoms with Gasteiger partial charge in [0.1, 0.15) is 0 Å². The molecule has 1 aromatic rings. The third kappa shape index (κ3) is 2.67. The minimum atomic E-state index is 0.431. The Morgan fingerprint density at radius 2 is 2.29 bits per heavy atom. The maximum Gasteiger partial charge on any atom is 0.0578 e. The van der Waals surface area contributed by atoms with Crippen LogP contribution in [0.3, 0.4) is 0 Å². The summed E-state index contributed by atoms with van der Waals surface area (Å²) in [7, 11) is 0. The van der Waals surface area contributed by atoms with Gasteiger partial charge in [-0.2, -0.15) is 0 Å². The zero-order chi connectivity index (χ0) is 12.3. The first-order valence-electron chi connectivity index (χ1n) is 6.63. The van der Waals surface area contributed by atoms with Crippen molar-refractivity contribution in [2.75, 3.05) is 19.6 Å². The van der Waals surface area contributed by atoms with E-state index < -0.39 is 0 Å². The van der Waals surface area contributed by atoms with Crippen molar-refractivity contribution in [1.82, 2.24) is 9.88 Å². The Morgan fingerprint density at radius 3 is 2.88 bits per heavy atom. The normalized spacial score (nSPS) is 25.4. The van der Waals surface area contributed by atoms with E-state index >= 15 is 0 Å². The number of rotatable bonds is 4. The zero-order valence-electron chi connectivity index (χ0n) is 10.9. The highest BCUT2D eigenvalue weighted by molar-refractivity contribution is 5.17. The molecule has 94 valence electrons. The molecule has 3 nitrogen and oxygen atoms in total. The van der Waals surface area contributed by atoms with E-state index in [1.807, 2.05) is 6.20 Å². The first-order valence-corrected chi connectivity index (χ1v) is 6.63. The minimum absolute atomic E-state index is 0.431. The van der Waals surface area contributed by atoms with Crippen LogP contribution in [0, 0.1) is 12.8 Å². The average Bonchev–Trinajstić information content (AvgIpc) is 2.74. The van der Waals surface area contributed by atoms with Crippen LogP contribution in [0.15, 0.2) is 18.3 Å². The smallest absolute Gasteiger partial charge is 0.0578 e. The molecule has 2 unspecified atom stereocenters. The van der Waals surface area contributed by atoms with Crippen molar-refractivity contribution in [2.24, 2.45) is 11.7 Å². The van der Waals surface area contributed by atoms with E-state index in [-0.39, 0.29) is 0 Å². The molecule has 0 saturated carbocycles. The van der Waals surface area contributed by atoms with Crippen molar-refractivity contribution in [3.8, 4) is 0 Å². The van der Waals surface area contributed by atoms with Gasteiger partial charge in [-0.15, -0.1) is 0 Å². The molecule has 2 atom stereocenters. The Balaban J connectivity index is 2.21. The molecule has 0 bridgehead atoms. The van der Waals surface area contributed by atoms with Crippen LogP contribution in [-0.2, 0) is 0 Å². The lowest BCUT2D eigenvalue weighted by Crippen LogP contribution is -2.29. The minimum Gasteiger partial charge on any atom is -0.330 e. The van der Waals surface area contributed by atoms with Crippen LogP contribution in [0.2, 0.25) is 0 Å². The lowest BCUT2D eigenvalue weighted by molar-refractivity contribution is 0.226. The van der Waals surface area contributed by atoms with Crippen molar-refractivity contribution in [1.29, 1.82) is 0 Å². The second-order valence-electron chi connectivity index (χ2n) is 5.03.